The van der Waals surface area contributed by atoms with Gasteiger partial charge in [-0.05, 0) is 21.5 Å². The summed E-state index contributed by atoms with van der Waals surface area (Å²) in [5, 5.41) is 5.30. The smallest absolute Gasteiger partial charge is 0 e. The molecule has 15 heavy (non-hydrogen) atoms. The molecule has 0 bridgehead atoms. The normalized spacial score (nSPS) is 10.1. The Balaban J connectivity index is 0.000000853. The van der Waals surface area contributed by atoms with Gasteiger partial charge in [0.05, 0.1) is 0 Å². The second-order valence-corrected chi connectivity index (χ2v) is 3.51. The Kier molecular flexibility index (Phi) is 2.90. The van der Waals surface area contributed by atoms with Crippen molar-refractivity contribution in [3.63, 3.8) is 0 Å². The van der Waals surface area contributed by atoms with Crippen molar-refractivity contribution < 1.29 is 21.7 Å². The van der Waals surface area contributed by atoms with Crippen LogP contribution >= 0.6 is 0 Å². The summed E-state index contributed by atoms with van der Waals surface area (Å²) in [7, 11) is 0. The molecule has 0 aromatic heterocycles. The quantitative estimate of drug-likeness (QED) is 0.401. The Bertz CT molecular complexity index is 544. The van der Waals surface area contributed by atoms with Gasteiger partial charge in [0.2, 0.25) is 0 Å². The number of hydrogen-bond acceptors (Lipinski definition) is 0. The van der Waals surface area contributed by atoms with E-state index in [9.17, 15) is 0 Å². The molecular weight excluding hydrogens is 216 g/mol. The average molecular weight is 226 g/mol. The maximum Gasteiger partial charge on any atom is 0 e. The van der Waals surface area contributed by atoms with E-state index in [1.807, 2.05) is 0 Å². The van der Waals surface area contributed by atoms with E-state index in [0.717, 1.165) is 0 Å². The summed E-state index contributed by atoms with van der Waals surface area (Å²) < 4.78 is 0. The predicted molar refractivity (Wildman–Crippen MR) is 61.5 cm³/mol. The monoisotopic (exact) mass is 226 g/mol. The Labute approximate surface area is 104 Å². The second kappa shape index (κ2) is 4.18. The predicted octanol–water partition coefficient (Wildman–Crippen LogP) is 3.99. The number of rotatable bonds is 0. The summed E-state index contributed by atoms with van der Waals surface area (Å²) in [6.07, 6.45) is 0. The molecule has 0 atom stereocenters. The van der Waals surface area contributed by atoms with Crippen molar-refractivity contribution in [2.75, 3.05) is 0 Å². The maximum absolute atomic E-state index is 2.18. The summed E-state index contributed by atoms with van der Waals surface area (Å²) in [6.45, 7) is 0. The Hall–Kier alpha value is -1.11. The van der Waals surface area contributed by atoms with E-state index >= 15 is 0 Å². The van der Waals surface area contributed by atoms with Crippen LogP contribution in [0.1, 0.15) is 0 Å². The largest absolute Gasteiger partial charge is 0.0616 e. The molecule has 0 fully saturated rings. The first-order valence-corrected chi connectivity index (χ1v) is 4.82. The maximum atomic E-state index is 2.18. The molecule has 3 rings (SSSR count). The summed E-state index contributed by atoms with van der Waals surface area (Å²) in [5.74, 6) is 0. The van der Waals surface area contributed by atoms with Crippen LogP contribution in [0.2, 0.25) is 0 Å². The first-order valence-electron chi connectivity index (χ1n) is 4.82. The Morgan fingerprint density at radius 3 is 1.33 bits per heavy atom. The molecule has 0 aliphatic heterocycles. The second-order valence-electron chi connectivity index (χ2n) is 3.51. The van der Waals surface area contributed by atoms with E-state index in [1.54, 1.807) is 0 Å². The fourth-order valence-electron chi connectivity index (χ4n) is 1.95. The number of hydrogen-bond donors (Lipinski definition) is 0. The molecule has 70 valence electrons. The SMILES string of the molecule is [Ti].c1ccc2c(c1)ccc1ccccc12. The molecule has 3 aromatic carbocycles. The minimum absolute atomic E-state index is 0. The zero-order valence-corrected chi connectivity index (χ0v) is 9.84. The van der Waals surface area contributed by atoms with Gasteiger partial charge in [0.25, 0.3) is 0 Å². The van der Waals surface area contributed by atoms with Crippen LogP contribution in [0.5, 0.6) is 0 Å². The van der Waals surface area contributed by atoms with Crippen LogP contribution in [0, 0.1) is 0 Å². The molecule has 0 nitrogen and oxygen atoms in total. The van der Waals surface area contributed by atoms with E-state index in [4.69, 9.17) is 0 Å². The topological polar surface area (TPSA) is 0 Å². The fraction of sp³-hybridized carbons (Fsp3) is 0. The molecule has 0 unspecified atom stereocenters. The van der Waals surface area contributed by atoms with Gasteiger partial charge in [-0.1, -0.05) is 60.7 Å². The van der Waals surface area contributed by atoms with Gasteiger partial charge in [-0.25, -0.2) is 0 Å². The average Bonchev–Trinajstić information content (AvgIpc) is 2.29. The van der Waals surface area contributed by atoms with Crippen LogP contribution in [0.4, 0.5) is 0 Å². The third-order valence-electron chi connectivity index (χ3n) is 2.65. The van der Waals surface area contributed by atoms with Gasteiger partial charge in [-0.2, -0.15) is 0 Å². The van der Waals surface area contributed by atoms with Crippen LogP contribution in [0.3, 0.4) is 0 Å². The van der Waals surface area contributed by atoms with Crippen LogP contribution in [-0.4, -0.2) is 0 Å². The van der Waals surface area contributed by atoms with Crippen LogP contribution in [-0.2, 0) is 21.7 Å². The van der Waals surface area contributed by atoms with E-state index in [-0.39, 0.29) is 21.7 Å². The molecule has 0 spiro atoms. The first-order chi connectivity index (χ1) is 6.95. The molecule has 0 saturated heterocycles. The third-order valence-corrected chi connectivity index (χ3v) is 2.65. The first kappa shape index (κ1) is 10.4. The van der Waals surface area contributed by atoms with Gasteiger partial charge in [-0.15, -0.1) is 0 Å². The van der Waals surface area contributed by atoms with Gasteiger partial charge in [0, 0.05) is 21.7 Å². The van der Waals surface area contributed by atoms with E-state index in [1.165, 1.54) is 21.5 Å². The van der Waals surface area contributed by atoms with Crippen molar-refractivity contribution in [2.24, 2.45) is 0 Å². The molecule has 0 heterocycles. The molecule has 0 amide bonds. The van der Waals surface area contributed by atoms with Crippen molar-refractivity contribution in [3.8, 4) is 0 Å². The van der Waals surface area contributed by atoms with Crippen LogP contribution < -0.4 is 0 Å². The van der Waals surface area contributed by atoms with Crippen molar-refractivity contribution in [1.29, 1.82) is 0 Å². The minimum atomic E-state index is 0. The van der Waals surface area contributed by atoms with E-state index in [2.05, 4.69) is 60.7 Å². The van der Waals surface area contributed by atoms with Crippen molar-refractivity contribution in [1.82, 2.24) is 0 Å². The summed E-state index contributed by atoms with van der Waals surface area (Å²) in [5.41, 5.74) is 0. The van der Waals surface area contributed by atoms with E-state index in [0.29, 0.717) is 0 Å². The number of benzene rings is 3. The van der Waals surface area contributed by atoms with Crippen molar-refractivity contribution in [3.05, 3.63) is 60.7 Å². The molecule has 1 heteroatoms. The minimum Gasteiger partial charge on any atom is -0.0616 e. The van der Waals surface area contributed by atoms with Crippen LogP contribution in [0.15, 0.2) is 60.7 Å². The molecule has 3 aromatic rings. The molecule has 0 saturated carbocycles. The van der Waals surface area contributed by atoms with Gasteiger partial charge in [-0.3, -0.25) is 0 Å². The van der Waals surface area contributed by atoms with Gasteiger partial charge in [0.1, 0.15) is 0 Å². The zero-order valence-electron chi connectivity index (χ0n) is 8.27. The molecule has 0 N–H and O–H groups in total. The van der Waals surface area contributed by atoms with Gasteiger partial charge in [0.15, 0.2) is 0 Å². The van der Waals surface area contributed by atoms with Crippen LogP contribution in [0.25, 0.3) is 21.5 Å². The van der Waals surface area contributed by atoms with Gasteiger partial charge < -0.3 is 0 Å². The molecule has 0 aliphatic rings. The molecule has 0 aliphatic carbocycles. The summed E-state index contributed by atoms with van der Waals surface area (Å²) in [6, 6.07) is 21.4. The summed E-state index contributed by atoms with van der Waals surface area (Å²) >= 11 is 0. The third kappa shape index (κ3) is 1.71. The Morgan fingerprint density at radius 1 is 0.467 bits per heavy atom. The standard InChI is InChI=1S/C14H10.Ti/c1-3-7-13-11(5-1)9-10-12-6-2-4-8-14(12)13;/h1-10H;. The molecular formula is C14H10Ti. The zero-order chi connectivity index (χ0) is 9.38. The van der Waals surface area contributed by atoms with Crippen molar-refractivity contribution >= 4 is 21.5 Å². The summed E-state index contributed by atoms with van der Waals surface area (Å²) in [4.78, 5) is 0. The molecule has 0 radical (unpaired) electrons. The van der Waals surface area contributed by atoms with E-state index < -0.39 is 0 Å². The fourth-order valence-corrected chi connectivity index (χ4v) is 1.95. The Morgan fingerprint density at radius 2 is 0.867 bits per heavy atom. The van der Waals surface area contributed by atoms with Gasteiger partial charge >= 0.3 is 0 Å². The number of fused-ring (bicyclic) bond motifs is 3. The van der Waals surface area contributed by atoms with Crippen molar-refractivity contribution in [2.45, 2.75) is 0 Å².